The van der Waals surface area contributed by atoms with Gasteiger partial charge in [0.25, 0.3) is 10.0 Å². The summed E-state index contributed by atoms with van der Waals surface area (Å²) in [5.74, 6) is -0.556. The van der Waals surface area contributed by atoms with Gasteiger partial charge in [-0.25, -0.2) is 25.2 Å². The van der Waals surface area contributed by atoms with Crippen LogP contribution in [0.1, 0.15) is 5.56 Å². The molecule has 2 heterocycles. The zero-order valence-electron chi connectivity index (χ0n) is 16.9. The first-order chi connectivity index (χ1) is 15.1. The molecule has 0 aliphatic carbocycles. The Morgan fingerprint density at radius 2 is 1.59 bits per heavy atom. The predicted octanol–water partition coefficient (Wildman–Crippen LogP) is 4.18. The first kappa shape index (κ1) is 21.9. The molecule has 163 valence electrons. The van der Waals surface area contributed by atoms with E-state index in [-0.39, 0.29) is 21.0 Å². The van der Waals surface area contributed by atoms with E-state index < -0.39 is 25.7 Å². The van der Waals surface area contributed by atoms with Gasteiger partial charge < -0.3 is 0 Å². The van der Waals surface area contributed by atoms with E-state index in [1.807, 2.05) is 0 Å². The lowest BCUT2D eigenvalue weighted by molar-refractivity contribution is 0.587. The molecule has 9 heteroatoms. The van der Waals surface area contributed by atoms with Gasteiger partial charge in [-0.1, -0.05) is 24.3 Å². The summed E-state index contributed by atoms with van der Waals surface area (Å²) < 4.78 is 66.0. The van der Waals surface area contributed by atoms with Gasteiger partial charge in [-0.05, 0) is 54.4 Å². The normalized spacial score (nSPS) is 12.1. The number of rotatable bonds is 5. The minimum absolute atomic E-state index is 0.0252. The molecule has 6 nitrogen and oxygen atoms in total. The second-order valence-electron chi connectivity index (χ2n) is 7.22. The van der Waals surface area contributed by atoms with Crippen LogP contribution >= 0.6 is 0 Å². The number of hydrogen-bond donors (Lipinski definition) is 0. The standard InChI is InChI=1S/C23H18FN2O4S2/c1-16-10-23(21-8-3-4-9-22(21)24)26(15-16)32(29,30)19-7-5-6-17(11-19)18-12-20(14-25-13-18)31(2,27)28/h3-15H,1H2,2H3. The van der Waals surface area contributed by atoms with Crippen molar-refractivity contribution < 1.29 is 21.2 Å². The fourth-order valence-electron chi connectivity index (χ4n) is 3.29. The summed E-state index contributed by atoms with van der Waals surface area (Å²) in [5.41, 5.74) is 1.61. The minimum atomic E-state index is -4.11. The van der Waals surface area contributed by atoms with Gasteiger partial charge in [-0.15, -0.1) is 0 Å². The number of pyridine rings is 1. The Hall–Kier alpha value is -3.30. The van der Waals surface area contributed by atoms with Crippen LogP contribution in [0.3, 0.4) is 0 Å². The Balaban J connectivity index is 1.84. The number of benzene rings is 2. The third kappa shape index (κ3) is 4.09. The molecule has 1 radical (unpaired) electrons. The number of hydrogen-bond acceptors (Lipinski definition) is 5. The van der Waals surface area contributed by atoms with Crippen LogP contribution in [-0.4, -0.2) is 32.0 Å². The van der Waals surface area contributed by atoms with Gasteiger partial charge in [-0.3, -0.25) is 4.98 Å². The maximum Gasteiger partial charge on any atom is 0.268 e. The highest BCUT2D eigenvalue weighted by Crippen LogP contribution is 2.30. The molecule has 0 aliphatic heterocycles. The second-order valence-corrected chi connectivity index (χ2v) is 11.1. The molecule has 2 aromatic carbocycles. The summed E-state index contributed by atoms with van der Waals surface area (Å²) in [6.07, 6.45) is 5.08. The average Bonchev–Trinajstić information content (AvgIpc) is 3.16. The fourth-order valence-corrected chi connectivity index (χ4v) is 5.32. The van der Waals surface area contributed by atoms with E-state index in [0.717, 1.165) is 10.2 Å². The van der Waals surface area contributed by atoms with Crippen LogP contribution in [0, 0.1) is 12.7 Å². The van der Waals surface area contributed by atoms with E-state index in [4.69, 9.17) is 0 Å². The van der Waals surface area contributed by atoms with Crippen LogP contribution in [0.4, 0.5) is 4.39 Å². The molecular weight excluding hydrogens is 451 g/mol. The van der Waals surface area contributed by atoms with Crippen LogP contribution in [0.25, 0.3) is 22.4 Å². The van der Waals surface area contributed by atoms with Crippen molar-refractivity contribution in [3.8, 4) is 22.4 Å². The van der Waals surface area contributed by atoms with Crippen LogP contribution in [-0.2, 0) is 19.9 Å². The molecule has 0 atom stereocenters. The maximum absolute atomic E-state index is 14.4. The third-order valence-electron chi connectivity index (χ3n) is 4.86. The lowest BCUT2D eigenvalue weighted by Crippen LogP contribution is -2.13. The van der Waals surface area contributed by atoms with Crippen molar-refractivity contribution in [1.82, 2.24) is 8.96 Å². The minimum Gasteiger partial charge on any atom is -0.263 e. The van der Waals surface area contributed by atoms with Crippen LogP contribution in [0.15, 0.2) is 89.0 Å². The van der Waals surface area contributed by atoms with Crippen molar-refractivity contribution in [3.05, 3.63) is 97.6 Å². The monoisotopic (exact) mass is 469 g/mol. The molecule has 4 aromatic rings. The van der Waals surface area contributed by atoms with Gasteiger partial charge in [0.1, 0.15) is 5.82 Å². The zero-order valence-corrected chi connectivity index (χ0v) is 18.6. The molecule has 0 N–H and O–H groups in total. The lowest BCUT2D eigenvalue weighted by Gasteiger charge is -2.12. The van der Waals surface area contributed by atoms with Crippen molar-refractivity contribution in [3.63, 3.8) is 0 Å². The number of nitrogens with zero attached hydrogens (tertiary/aromatic N) is 2. The van der Waals surface area contributed by atoms with Crippen molar-refractivity contribution >= 4 is 19.9 Å². The average molecular weight is 470 g/mol. The molecular formula is C23H18FN2O4S2. The molecule has 32 heavy (non-hydrogen) atoms. The highest BCUT2D eigenvalue weighted by atomic mass is 32.2. The first-order valence-electron chi connectivity index (χ1n) is 9.38. The molecule has 0 bridgehead atoms. The molecule has 0 spiro atoms. The molecule has 0 unspecified atom stereocenters. The molecule has 0 amide bonds. The summed E-state index contributed by atoms with van der Waals surface area (Å²) >= 11 is 0. The second kappa shape index (κ2) is 7.99. The van der Waals surface area contributed by atoms with Crippen molar-refractivity contribution in [2.24, 2.45) is 0 Å². The van der Waals surface area contributed by atoms with Gasteiger partial charge in [0.05, 0.1) is 15.5 Å². The molecule has 0 saturated heterocycles. The SMILES string of the molecule is [CH2]c1cc(-c2ccccc2F)n(S(=O)(=O)c2cccc(-c3cncc(S(C)(=O)=O)c3)c2)c1. The van der Waals surface area contributed by atoms with Crippen LogP contribution in [0.5, 0.6) is 0 Å². The summed E-state index contributed by atoms with van der Waals surface area (Å²) in [7, 11) is -7.59. The Morgan fingerprint density at radius 1 is 0.875 bits per heavy atom. The van der Waals surface area contributed by atoms with E-state index >= 15 is 0 Å². The number of aromatic nitrogens is 2. The van der Waals surface area contributed by atoms with E-state index in [9.17, 15) is 21.2 Å². The van der Waals surface area contributed by atoms with Gasteiger partial charge in [-0.2, -0.15) is 0 Å². The quantitative estimate of drug-likeness (QED) is 0.438. The summed E-state index contributed by atoms with van der Waals surface area (Å²) in [6, 6.07) is 14.9. The molecule has 4 rings (SSSR count). The van der Waals surface area contributed by atoms with Crippen molar-refractivity contribution in [2.45, 2.75) is 9.79 Å². The highest BCUT2D eigenvalue weighted by molar-refractivity contribution is 7.90. The lowest BCUT2D eigenvalue weighted by atomic mass is 10.1. The molecule has 0 saturated carbocycles. The van der Waals surface area contributed by atoms with Crippen LogP contribution in [0.2, 0.25) is 0 Å². The zero-order chi connectivity index (χ0) is 23.1. The third-order valence-corrected chi connectivity index (χ3v) is 7.61. The van der Waals surface area contributed by atoms with Gasteiger partial charge in [0.15, 0.2) is 9.84 Å². The smallest absolute Gasteiger partial charge is 0.263 e. The first-order valence-corrected chi connectivity index (χ1v) is 12.7. The Kier molecular flexibility index (Phi) is 5.47. The summed E-state index contributed by atoms with van der Waals surface area (Å²) in [5, 5.41) is 0. The van der Waals surface area contributed by atoms with Crippen molar-refractivity contribution in [2.75, 3.05) is 6.26 Å². The van der Waals surface area contributed by atoms with E-state index in [2.05, 4.69) is 11.9 Å². The Bertz CT molecular complexity index is 1540. The van der Waals surface area contributed by atoms with Gasteiger partial charge in [0, 0.05) is 36.0 Å². The Morgan fingerprint density at radius 3 is 2.31 bits per heavy atom. The van der Waals surface area contributed by atoms with E-state index in [1.165, 1.54) is 61.1 Å². The fraction of sp³-hybridized carbons (Fsp3) is 0.0435. The number of halogens is 1. The predicted molar refractivity (Wildman–Crippen MR) is 120 cm³/mol. The maximum atomic E-state index is 14.4. The Labute approximate surface area is 186 Å². The highest BCUT2D eigenvalue weighted by Gasteiger charge is 2.23. The summed E-state index contributed by atoms with van der Waals surface area (Å²) in [6.45, 7) is 3.79. The largest absolute Gasteiger partial charge is 0.268 e. The molecule has 0 aliphatic rings. The molecule has 0 fully saturated rings. The van der Waals surface area contributed by atoms with Crippen molar-refractivity contribution in [1.29, 1.82) is 0 Å². The van der Waals surface area contributed by atoms with E-state index in [1.54, 1.807) is 18.2 Å². The topological polar surface area (TPSA) is 86.1 Å². The van der Waals surface area contributed by atoms with Gasteiger partial charge >= 0.3 is 0 Å². The molecule has 2 aromatic heterocycles. The van der Waals surface area contributed by atoms with Crippen LogP contribution < -0.4 is 0 Å². The van der Waals surface area contributed by atoms with E-state index in [0.29, 0.717) is 16.7 Å². The van der Waals surface area contributed by atoms with Gasteiger partial charge in [0.2, 0.25) is 0 Å². The summed E-state index contributed by atoms with van der Waals surface area (Å²) in [4.78, 5) is 3.94. The number of sulfone groups is 1.